The summed E-state index contributed by atoms with van der Waals surface area (Å²) in [7, 11) is 0. The predicted octanol–water partition coefficient (Wildman–Crippen LogP) is 3.19. The zero-order valence-electron chi connectivity index (χ0n) is 14.4. The van der Waals surface area contributed by atoms with Crippen LogP contribution >= 0.6 is 0 Å². The minimum absolute atomic E-state index is 0.106. The summed E-state index contributed by atoms with van der Waals surface area (Å²) in [6.07, 6.45) is 0. The van der Waals surface area contributed by atoms with Gasteiger partial charge in [0.2, 0.25) is 0 Å². The molecule has 0 bridgehead atoms. The van der Waals surface area contributed by atoms with Crippen molar-refractivity contribution in [1.29, 1.82) is 0 Å². The van der Waals surface area contributed by atoms with Crippen LogP contribution in [0.15, 0.2) is 60.7 Å². The Bertz CT molecular complexity index is 1070. The number of nitrogens with one attached hydrogen (secondary N) is 2. The van der Waals surface area contributed by atoms with Crippen LogP contribution in [0.3, 0.4) is 0 Å². The fourth-order valence-electron chi connectivity index (χ4n) is 2.51. The lowest BCUT2D eigenvalue weighted by Gasteiger charge is -2.09. The molecule has 3 rings (SSSR count). The topological polar surface area (TPSA) is 105 Å². The van der Waals surface area contributed by atoms with Gasteiger partial charge < -0.3 is 15.2 Å². The molecule has 3 N–H and O–H groups in total. The van der Waals surface area contributed by atoms with Gasteiger partial charge in [0, 0.05) is 5.39 Å². The summed E-state index contributed by atoms with van der Waals surface area (Å²) < 4.78 is 18.3. The van der Waals surface area contributed by atoms with E-state index in [2.05, 4.69) is 5.32 Å². The minimum atomic E-state index is -0.972. The fourth-order valence-corrected chi connectivity index (χ4v) is 2.51. The fraction of sp³-hybridized carbons (Fsp3) is 0.0500. The summed E-state index contributed by atoms with van der Waals surface area (Å²) in [5.41, 5.74) is -0.215. The third kappa shape index (κ3) is 4.24. The van der Waals surface area contributed by atoms with Gasteiger partial charge in [0.05, 0.1) is 5.69 Å². The molecule has 0 aliphatic carbocycles. The summed E-state index contributed by atoms with van der Waals surface area (Å²) in [5, 5.41) is 15.5. The van der Waals surface area contributed by atoms with Gasteiger partial charge >= 0.3 is 12.0 Å². The van der Waals surface area contributed by atoms with Crippen LogP contribution in [-0.4, -0.2) is 29.6 Å². The highest BCUT2D eigenvalue weighted by atomic mass is 19.1. The third-order valence-electron chi connectivity index (χ3n) is 3.83. The molecule has 142 valence electrons. The van der Waals surface area contributed by atoms with Crippen LogP contribution in [-0.2, 0) is 9.53 Å². The molecule has 28 heavy (non-hydrogen) atoms. The number of esters is 1. The number of imide groups is 1. The number of carbonyl (C=O) groups is 3. The molecule has 0 aliphatic rings. The van der Waals surface area contributed by atoms with Gasteiger partial charge in [0.25, 0.3) is 5.91 Å². The van der Waals surface area contributed by atoms with Gasteiger partial charge in [0.1, 0.15) is 17.1 Å². The van der Waals surface area contributed by atoms with Gasteiger partial charge in [-0.1, -0.05) is 42.5 Å². The molecular weight excluding hydrogens is 367 g/mol. The average Bonchev–Trinajstić information content (AvgIpc) is 2.68. The highest BCUT2D eigenvalue weighted by Gasteiger charge is 2.17. The number of hydrogen-bond donors (Lipinski definition) is 3. The van der Waals surface area contributed by atoms with Crippen LogP contribution in [0.1, 0.15) is 10.4 Å². The van der Waals surface area contributed by atoms with E-state index < -0.39 is 30.3 Å². The zero-order valence-corrected chi connectivity index (χ0v) is 14.4. The molecule has 0 radical (unpaired) electrons. The van der Waals surface area contributed by atoms with E-state index in [1.807, 2.05) is 5.32 Å². The molecule has 8 heteroatoms. The summed E-state index contributed by atoms with van der Waals surface area (Å²) in [4.78, 5) is 35.6. The molecule has 3 aromatic carbocycles. The lowest BCUT2D eigenvalue weighted by Crippen LogP contribution is -2.37. The number of anilines is 1. The maximum absolute atomic E-state index is 13.5. The van der Waals surface area contributed by atoms with E-state index in [0.29, 0.717) is 5.39 Å². The van der Waals surface area contributed by atoms with E-state index in [9.17, 15) is 23.9 Å². The number of rotatable bonds is 4. The molecule has 0 saturated heterocycles. The first-order valence-electron chi connectivity index (χ1n) is 8.19. The summed E-state index contributed by atoms with van der Waals surface area (Å²) in [6.45, 7) is -0.754. The lowest BCUT2D eigenvalue weighted by atomic mass is 10.1. The molecule has 0 unspecified atom stereocenters. The summed E-state index contributed by atoms with van der Waals surface area (Å²) in [5.74, 6) is -2.76. The minimum Gasteiger partial charge on any atom is -0.506 e. The van der Waals surface area contributed by atoms with Gasteiger partial charge in [-0.25, -0.2) is 14.0 Å². The number of benzene rings is 3. The van der Waals surface area contributed by atoms with Crippen LogP contribution in [0.25, 0.3) is 10.8 Å². The Labute approximate surface area is 158 Å². The number of carbonyl (C=O) groups excluding carboxylic acids is 3. The second-order valence-electron chi connectivity index (χ2n) is 5.74. The molecule has 0 aromatic heterocycles. The van der Waals surface area contributed by atoms with E-state index in [4.69, 9.17) is 4.74 Å². The molecule has 3 amide bonds. The Morgan fingerprint density at radius 2 is 1.68 bits per heavy atom. The van der Waals surface area contributed by atoms with Crippen molar-refractivity contribution in [3.8, 4) is 5.75 Å². The largest absolute Gasteiger partial charge is 0.506 e. The van der Waals surface area contributed by atoms with Gasteiger partial charge in [-0.05, 0) is 23.6 Å². The SMILES string of the molecule is O=C(COC(=O)c1ccc2ccccc2c1O)NC(=O)Nc1ccccc1F. The molecule has 0 atom stereocenters. The van der Waals surface area contributed by atoms with Gasteiger partial charge in [0.15, 0.2) is 6.61 Å². The van der Waals surface area contributed by atoms with Crippen LogP contribution in [0.2, 0.25) is 0 Å². The van der Waals surface area contributed by atoms with E-state index in [1.54, 1.807) is 30.3 Å². The number of phenolic OH excluding ortho intramolecular Hbond substituents is 1. The van der Waals surface area contributed by atoms with Crippen LogP contribution < -0.4 is 10.6 Å². The van der Waals surface area contributed by atoms with Crippen molar-refractivity contribution in [3.05, 3.63) is 72.0 Å². The van der Waals surface area contributed by atoms with Crippen molar-refractivity contribution >= 4 is 34.4 Å². The van der Waals surface area contributed by atoms with Gasteiger partial charge in [-0.3, -0.25) is 10.1 Å². The average molecular weight is 382 g/mol. The van der Waals surface area contributed by atoms with Gasteiger partial charge in [-0.15, -0.1) is 0 Å². The summed E-state index contributed by atoms with van der Waals surface area (Å²) in [6, 6.07) is 14.4. The number of amides is 3. The van der Waals surface area contributed by atoms with Crippen molar-refractivity contribution in [2.45, 2.75) is 0 Å². The number of halogens is 1. The molecule has 7 nitrogen and oxygen atoms in total. The molecule has 0 aliphatic heterocycles. The molecule has 0 saturated carbocycles. The van der Waals surface area contributed by atoms with Crippen molar-refractivity contribution in [2.24, 2.45) is 0 Å². The molecule has 0 fully saturated rings. The first-order valence-corrected chi connectivity index (χ1v) is 8.19. The van der Waals surface area contributed by atoms with Crippen LogP contribution in [0.5, 0.6) is 5.75 Å². The number of fused-ring (bicyclic) bond motifs is 1. The number of aromatic hydroxyl groups is 1. The Kier molecular flexibility index (Phi) is 5.50. The zero-order chi connectivity index (χ0) is 20.1. The Balaban J connectivity index is 1.57. The Morgan fingerprint density at radius 3 is 2.46 bits per heavy atom. The van der Waals surface area contributed by atoms with Crippen molar-refractivity contribution in [1.82, 2.24) is 5.32 Å². The second-order valence-corrected chi connectivity index (χ2v) is 5.74. The Morgan fingerprint density at radius 1 is 0.964 bits per heavy atom. The van der Waals surface area contributed by atoms with Crippen LogP contribution in [0.4, 0.5) is 14.9 Å². The second kappa shape index (κ2) is 8.17. The number of hydrogen-bond acceptors (Lipinski definition) is 5. The number of phenols is 1. The van der Waals surface area contributed by atoms with E-state index >= 15 is 0 Å². The van der Waals surface area contributed by atoms with Gasteiger partial charge in [-0.2, -0.15) is 0 Å². The monoisotopic (exact) mass is 382 g/mol. The van der Waals surface area contributed by atoms with Crippen molar-refractivity contribution in [3.63, 3.8) is 0 Å². The first-order chi connectivity index (χ1) is 13.5. The third-order valence-corrected chi connectivity index (χ3v) is 3.83. The van der Waals surface area contributed by atoms with Crippen molar-refractivity contribution in [2.75, 3.05) is 11.9 Å². The van der Waals surface area contributed by atoms with Crippen LogP contribution in [0, 0.1) is 5.82 Å². The lowest BCUT2D eigenvalue weighted by molar-refractivity contribution is -0.123. The predicted molar refractivity (Wildman–Crippen MR) is 99.5 cm³/mol. The normalized spacial score (nSPS) is 10.3. The molecule has 0 spiro atoms. The van der Waals surface area contributed by atoms with Crippen molar-refractivity contribution < 1.29 is 28.6 Å². The molecule has 0 heterocycles. The quantitative estimate of drug-likeness (QED) is 0.601. The van der Waals surface area contributed by atoms with E-state index in [-0.39, 0.29) is 17.0 Å². The smallest absolute Gasteiger partial charge is 0.342 e. The number of ether oxygens (including phenoxy) is 1. The number of urea groups is 1. The summed E-state index contributed by atoms with van der Waals surface area (Å²) >= 11 is 0. The van der Waals surface area contributed by atoms with E-state index in [0.717, 1.165) is 11.5 Å². The maximum Gasteiger partial charge on any atom is 0.342 e. The maximum atomic E-state index is 13.5. The van der Waals surface area contributed by atoms with E-state index in [1.165, 1.54) is 24.3 Å². The first kappa shape index (κ1) is 18.8. The molecular formula is C20H15FN2O5. The standard InChI is InChI=1S/C20H15FN2O5/c21-15-7-3-4-8-16(15)22-20(27)23-17(24)11-28-19(26)14-10-9-12-5-1-2-6-13(12)18(14)25/h1-10,25H,11H2,(H2,22,23,24,27). The number of para-hydroxylation sites is 1. The highest BCUT2D eigenvalue weighted by molar-refractivity contribution is 6.04. The highest BCUT2D eigenvalue weighted by Crippen LogP contribution is 2.28. The molecule has 3 aromatic rings. The Hall–Kier alpha value is -3.94.